The molecule has 4 heteroatoms. The molecule has 106 valence electrons. The Labute approximate surface area is 115 Å². The lowest BCUT2D eigenvalue weighted by atomic mass is 10.0. The van der Waals surface area contributed by atoms with Crippen LogP contribution in [0.3, 0.4) is 0 Å². The van der Waals surface area contributed by atoms with E-state index in [1.165, 1.54) is 5.56 Å². The molecule has 1 fully saturated rings. The fourth-order valence-electron chi connectivity index (χ4n) is 2.57. The van der Waals surface area contributed by atoms with Crippen LogP contribution in [0.1, 0.15) is 18.0 Å². The molecule has 0 aliphatic carbocycles. The highest BCUT2D eigenvalue weighted by Gasteiger charge is 2.16. The highest BCUT2D eigenvalue weighted by atomic mass is 16.3. The lowest BCUT2D eigenvalue weighted by molar-refractivity contribution is 0.110. The van der Waals surface area contributed by atoms with Gasteiger partial charge in [0.25, 0.3) is 0 Å². The average molecular weight is 263 g/mol. The summed E-state index contributed by atoms with van der Waals surface area (Å²) in [4.78, 5) is 4.78. The van der Waals surface area contributed by atoms with Gasteiger partial charge in [0, 0.05) is 45.3 Å². The molecule has 1 saturated heterocycles. The summed E-state index contributed by atoms with van der Waals surface area (Å²) in [5, 5.41) is 8.91. The zero-order valence-electron chi connectivity index (χ0n) is 11.5. The van der Waals surface area contributed by atoms with Crippen molar-refractivity contribution in [1.29, 1.82) is 0 Å². The molecule has 1 heterocycles. The van der Waals surface area contributed by atoms with Gasteiger partial charge >= 0.3 is 0 Å². The molecule has 2 rings (SSSR count). The Hall–Kier alpha value is -0.940. The lowest BCUT2D eigenvalue weighted by Crippen LogP contribution is -2.47. The van der Waals surface area contributed by atoms with Gasteiger partial charge in [-0.3, -0.25) is 4.90 Å². The topological polar surface area (TPSA) is 52.7 Å². The third-order valence-electron chi connectivity index (χ3n) is 3.87. The van der Waals surface area contributed by atoms with Gasteiger partial charge in [-0.25, -0.2) is 0 Å². The van der Waals surface area contributed by atoms with Crippen molar-refractivity contribution in [2.45, 2.75) is 12.5 Å². The molecule has 19 heavy (non-hydrogen) atoms. The number of hydrogen-bond acceptors (Lipinski definition) is 4. The van der Waals surface area contributed by atoms with Gasteiger partial charge in [-0.05, 0) is 12.0 Å². The fourth-order valence-corrected chi connectivity index (χ4v) is 2.57. The average Bonchev–Trinajstić information content (AvgIpc) is 2.47. The molecular formula is C15H25N3O. The summed E-state index contributed by atoms with van der Waals surface area (Å²) in [6.45, 7) is 6.41. The summed E-state index contributed by atoms with van der Waals surface area (Å²) in [5.74, 6) is 0. The van der Waals surface area contributed by atoms with Gasteiger partial charge in [0.05, 0.1) is 6.61 Å². The van der Waals surface area contributed by atoms with Crippen LogP contribution in [0.25, 0.3) is 0 Å². The van der Waals surface area contributed by atoms with E-state index in [0.717, 1.165) is 45.7 Å². The summed E-state index contributed by atoms with van der Waals surface area (Å²) < 4.78 is 0. The van der Waals surface area contributed by atoms with E-state index in [4.69, 9.17) is 10.8 Å². The first-order chi connectivity index (χ1) is 9.29. The van der Waals surface area contributed by atoms with E-state index in [9.17, 15) is 0 Å². The minimum atomic E-state index is 0.136. The SMILES string of the molecule is NC(CCN1CCN(CCO)CC1)c1ccccc1. The Morgan fingerprint density at radius 2 is 1.58 bits per heavy atom. The van der Waals surface area contributed by atoms with Crippen molar-refractivity contribution in [3.63, 3.8) is 0 Å². The monoisotopic (exact) mass is 263 g/mol. The predicted molar refractivity (Wildman–Crippen MR) is 78.0 cm³/mol. The van der Waals surface area contributed by atoms with Gasteiger partial charge in [0.1, 0.15) is 0 Å². The predicted octanol–water partition coefficient (Wildman–Crippen LogP) is 0.686. The molecule has 0 saturated carbocycles. The Morgan fingerprint density at radius 1 is 1.00 bits per heavy atom. The van der Waals surface area contributed by atoms with Crippen molar-refractivity contribution in [3.05, 3.63) is 35.9 Å². The van der Waals surface area contributed by atoms with Crippen LogP contribution in [-0.2, 0) is 0 Å². The fraction of sp³-hybridized carbons (Fsp3) is 0.600. The second-order valence-corrected chi connectivity index (χ2v) is 5.21. The van der Waals surface area contributed by atoms with Crippen molar-refractivity contribution in [2.75, 3.05) is 45.9 Å². The maximum atomic E-state index is 8.91. The number of nitrogens with zero attached hydrogens (tertiary/aromatic N) is 2. The van der Waals surface area contributed by atoms with Crippen LogP contribution < -0.4 is 5.73 Å². The first-order valence-electron chi connectivity index (χ1n) is 7.15. The van der Waals surface area contributed by atoms with Crippen molar-refractivity contribution < 1.29 is 5.11 Å². The van der Waals surface area contributed by atoms with E-state index < -0.39 is 0 Å². The van der Waals surface area contributed by atoms with Crippen molar-refractivity contribution in [1.82, 2.24) is 9.80 Å². The van der Waals surface area contributed by atoms with Crippen LogP contribution in [0.15, 0.2) is 30.3 Å². The molecular weight excluding hydrogens is 238 g/mol. The van der Waals surface area contributed by atoms with Gasteiger partial charge in [0.15, 0.2) is 0 Å². The summed E-state index contributed by atoms with van der Waals surface area (Å²) in [6.07, 6.45) is 1.00. The number of nitrogens with two attached hydrogens (primary N) is 1. The zero-order chi connectivity index (χ0) is 13.5. The highest BCUT2D eigenvalue weighted by Crippen LogP contribution is 2.14. The van der Waals surface area contributed by atoms with Crippen LogP contribution in [0, 0.1) is 0 Å². The quantitative estimate of drug-likeness (QED) is 0.793. The number of aliphatic hydroxyl groups excluding tert-OH is 1. The van der Waals surface area contributed by atoms with Crippen molar-refractivity contribution in [3.8, 4) is 0 Å². The van der Waals surface area contributed by atoms with Crippen LogP contribution >= 0.6 is 0 Å². The number of piperazine rings is 1. The molecule has 1 aliphatic rings. The van der Waals surface area contributed by atoms with Gasteiger partial charge in [0.2, 0.25) is 0 Å². The smallest absolute Gasteiger partial charge is 0.0558 e. The Bertz CT molecular complexity index is 350. The highest BCUT2D eigenvalue weighted by molar-refractivity contribution is 5.18. The van der Waals surface area contributed by atoms with E-state index >= 15 is 0 Å². The molecule has 1 aromatic carbocycles. The van der Waals surface area contributed by atoms with Gasteiger partial charge in [-0.1, -0.05) is 30.3 Å². The van der Waals surface area contributed by atoms with Crippen molar-refractivity contribution in [2.24, 2.45) is 5.73 Å². The Morgan fingerprint density at radius 3 is 2.16 bits per heavy atom. The van der Waals surface area contributed by atoms with Gasteiger partial charge in [-0.2, -0.15) is 0 Å². The molecule has 1 aliphatic heterocycles. The molecule has 4 nitrogen and oxygen atoms in total. The normalized spacial score (nSPS) is 19.5. The van der Waals surface area contributed by atoms with Crippen LogP contribution in [-0.4, -0.2) is 60.8 Å². The third-order valence-corrected chi connectivity index (χ3v) is 3.87. The number of benzene rings is 1. The third kappa shape index (κ3) is 4.58. The molecule has 1 aromatic rings. The van der Waals surface area contributed by atoms with E-state index in [0.29, 0.717) is 0 Å². The molecule has 1 atom stereocenters. The van der Waals surface area contributed by atoms with E-state index in [-0.39, 0.29) is 12.6 Å². The second kappa shape index (κ2) is 7.60. The Balaban J connectivity index is 1.69. The second-order valence-electron chi connectivity index (χ2n) is 5.21. The summed E-state index contributed by atoms with van der Waals surface area (Å²) in [5.41, 5.74) is 7.44. The Kier molecular flexibility index (Phi) is 5.79. The number of hydrogen-bond donors (Lipinski definition) is 2. The number of rotatable bonds is 6. The standard InChI is InChI=1S/C15H25N3O/c16-15(14-4-2-1-3-5-14)6-7-17-8-10-18(11-9-17)12-13-19/h1-5,15,19H,6-13,16H2. The molecule has 1 unspecified atom stereocenters. The lowest BCUT2D eigenvalue weighted by Gasteiger charge is -2.34. The maximum absolute atomic E-state index is 8.91. The molecule has 0 bridgehead atoms. The van der Waals surface area contributed by atoms with E-state index in [1.807, 2.05) is 18.2 Å². The first kappa shape index (κ1) is 14.5. The largest absolute Gasteiger partial charge is 0.395 e. The van der Waals surface area contributed by atoms with Crippen molar-refractivity contribution >= 4 is 0 Å². The summed E-state index contributed by atoms with van der Waals surface area (Å²) in [7, 11) is 0. The molecule has 3 N–H and O–H groups in total. The zero-order valence-corrected chi connectivity index (χ0v) is 11.5. The van der Waals surface area contributed by atoms with Gasteiger partial charge < -0.3 is 15.7 Å². The van der Waals surface area contributed by atoms with E-state index in [2.05, 4.69) is 21.9 Å². The van der Waals surface area contributed by atoms with Crippen LogP contribution in [0.5, 0.6) is 0 Å². The van der Waals surface area contributed by atoms with Crippen LogP contribution in [0.2, 0.25) is 0 Å². The maximum Gasteiger partial charge on any atom is 0.0558 e. The molecule has 0 radical (unpaired) electrons. The van der Waals surface area contributed by atoms with Gasteiger partial charge in [-0.15, -0.1) is 0 Å². The van der Waals surface area contributed by atoms with E-state index in [1.54, 1.807) is 0 Å². The molecule has 0 spiro atoms. The molecule has 0 aromatic heterocycles. The number of aliphatic hydroxyl groups is 1. The molecule has 0 amide bonds. The minimum absolute atomic E-state index is 0.136. The van der Waals surface area contributed by atoms with Crippen LogP contribution in [0.4, 0.5) is 0 Å². The summed E-state index contributed by atoms with van der Waals surface area (Å²) in [6, 6.07) is 10.5. The first-order valence-corrected chi connectivity index (χ1v) is 7.15. The summed E-state index contributed by atoms with van der Waals surface area (Å²) >= 11 is 0. The number of β-amino-alcohol motifs (C(OH)–C–C–N with tert-alkyl or cyclic N) is 1. The minimum Gasteiger partial charge on any atom is -0.395 e.